The van der Waals surface area contributed by atoms with Crippen molar-refractivity contribution in [1.29, 1.82) is 0 Å². The number of aromatic nitrogens is 1. The fourth-order valence-electron chi connectivity index (χ4n) is 2.58. The number of aryl methyl sites for hydroxylation is 1. The van der Waals surface area contributed by atoms with Crippen molar-refractivity contribution in [3.05, 3.63) is 62.5 Å². The van der Waals surface area contributed by atoms with Crippen LogP contribution in [0.2, 0.25) is 0 Å². The van der Waals surface area contributed by atoms with Gasteiger partial charge < -0.3 is 5.32 Å². The van der Waals surface area contributed by atoms with Gasteiger partial charge in [-0.1, -0.05) is 25.1 Å². The van der Waals surface area contributed by atoms with E-state index in [-0.39, 0.29) is 6.04 Å². The average molecular weight is 361 g/mol. The predicted molar refractivity (Wildman–Crippen MR) is 94.0 cm³/mol. The van der Waals surface area contributed by atoms with Crippen molar-refractivity contribution >= 4 is 38.0 Å². The lowest BCUT2D eigenvalue weighted by Gasteiger charge is -2.19. The molecule has 3 rings (SSSR count). The van der Waals surface area contributed by atoms with Crippen LogP contribution in [0.1, 0.15) is 29.0 Å². The molecular formula is C17H17BrN2S. The Bertz CT molecular complexity index is 742. The largest absolute Gasteiger partial charge is 0.306 e. The Balaban J connectivity index is 2.15. The third-order valence-electron chi connectivity index (χ3n) is 3.60. The molecule has 3 aromatic rings. The van der Waals surface area contributed by atoms with Crippen molar-refractivity contribution in [3.63, 3.8) is 0 Å². The first-order chi connectivity index (χ1) is 10.2. The van der Waals surface area contributed by atoms with Crippen LogP contribution in [0.25, 0.3) is 10.8 Å². The van der Waals surface area contributed by atoms with Crippen LogP contribution in [0.5, 0.6) is 0 Å². The predicted octanol–water partition coefficient (Wildman–Crippen LogP) is 5.07. The summed E-state index contributed by atoms with van der Waals surface area (Å²) in [4.78, 5) is 5.63. The molecule has 0 fully saturated rings. The second-order valence-electron chi connectivity index (χ2n) is 5.04. The lowest BCUT2D eigenvalue weighted by molar-refractivity contribution is 0.643. The molecule has 0 aliphatic heterocycles. The Morgan fingerprint density at radius 1 is 1.33 bits per heavy atom. The van der Waals surface area contributed by atoms with E-state index in [4.69, 9.17) is 0 Å². The SMILES string of the molecule is CCNC(c1cc(C)c(Br)s1)c1cccc2ccncc12. The minimum Gasteiger partial charge on any atom is -0.306 e. The first-order valence-electron chi connectivity index (χ1n) is 7.02. The number of nitrogens with zero attached hydrogens (tertiary/aromatic N) is 1. The molecule has 1 unspecified atom stereocenters. The Morgan fingerprint density at radius 2 is 2.19 bits per heavy atom. The second kappa shape index (κ2) is 6.26. The number of nitrogens with one attached hydrogen (secondary N) is 1. The van der Waals surface area contributed by atoms with E-state index in [9.17, 15) is 0 Å². The maximum atomic E-state index is 4.30. The van der Waals surface area contributed by atoms with Crippen LogP contribution in [0, 0.1) is 6.92 Å². The summed E-state index contributed by atoms with van der Waals surface area (Å²) in [6.07, 6.45) is 3.81. The van der Waals surface area contributed by atoms with Crippen LogP contribution in [0.4, 0.5) is 0 Å². The highest BCUT2D eigenvalue weighted by Gasteiger charge is 2.18. The zero-order valence-electron chi connectivity index (χ0n) is 12.1. The normalized spacial score (nSPS) is 12.7. The Labute approximate surface area is 137 Å². The minimum atomic E-state index is 0.206. The molecule has 0 spiro atoms. The van der Waals surface area contributed by atoms with Gasteiger partial charge in [-0.25, -0.2) is 0 Å². The summed E-state index contributed by atoms with van der Waals surface area (Å²) in [5.74, 6) is 0. The molecule has 0 saturated carbocycles. The molecule has 1 atom stereocenters. The van der Waals surface area contributed by atoms with Gasteiger partial charge in [0, 0.05) is 22.7 Å². The molecule has 0 bridgehead atoms. The first-order valence-corrected chi connectivity index (χ1v) is 8.63. The molecule has 0 radical (unpaired) electrons. The van der Waals surface area contributed by atoms with Gasteiger partial charge in [0.2, 0.25) is 0 Å². The van der Waals surface area contributed by atoms with Crippen LogP contribution in [-0.2, 0) is 0 Å². The molecule has 2 aromatic heterocycles. The van der Waals surface area contributed by atoms with Crippen molar-refractivity contribution < 1.29 is 0 Å². The summed E-state index contributed by atoms with van der Waals surface area (Å²) in [5.41, 5.74) is 2.58. The van der Waals surface area contributed by atoms with Crippen molar-refractivity contribution in [1.82, 2.24) is 10.3 Å². The van der Waals surface area contributed by atoms with Gasteiger partial charge in [0.15, 0.2) is 0 Å². The highest BCUT2D eigenvalue weighted by Crippen LogP contribution is 2.36. The fraction of sp³-hybridized carbons (Fsp3) is 0.235. The van der Waals surface area contributed by atoms with Gasteiger partial charge in [-0.2, -0.15) is 0 Å². The van der Waals surface area contributed by atoms with E-state index < -0.39 is 0 Å². The third kappa shape index (κ3) is 2.89. The van der Waals surface area contributed by atoms with Crippen LogP contribution < -0.4 is 5.32 Å². The van der Waals surface area contributed by atoms with E-state index in [1.165, 1.54) is 30.6 Å². The number of thiophene rings is 1. The highest BCUT2D eigenvalue weighted by molar-refractivity contribution is 9.11. The van der Waals surface area contributed by atoms with Gasteiger partial charge in [0.05, 0.1) is 9.83 Å². The summed E-state index contributed by atoms with van der Waals surface area (Å²) in [7, 11) is 0. The zero-order chi connectivity index (χ0) is 14.8. The van der Waals surface area contributed by atoms with Gasteiger partial charge in [0.1, 0.15) is 0 Å². The van der Waals surface area contributed by atoms with Crippen LogP contribution in [0.3, 0.4) is 0 Å². The minimum absolute atomic E-state index is 0.206. The Kier molecular flexibility index (Phi) is 4.38. The van der Waals surface area contributed by atoms with E-state index in [2.05, 4.69) is 70.4 Å². The topological polar surface area (TPSA) is 24.9 Å². The standard InChI is InChI=1S/C17H17BrN2S/c1-3-20-16(15-9-11(2)17(18)21-15)13-6-4-5-12-7-8-19-10-14(12)13/h4-10,16,20H,3H2,1-2H3. The summed E-state index contributed by atoms with van der Waals surface area (Å²) < 4.78 is 1.21. The molecule has 21 heavy (non-hydrogen) atoms. The molecule has 2 nitrogen and oxygen atoms in total. The van der Waals surface area contributed by atoms with Crippen molar-refractivity contribution in [2.75, 3.05) is 6.54 Å². The molecule has 1 aromatic carbocycles. The number of pyridine rings is 1. The third-order valence-corrected chi connectivity index (χ3v) is 5.80. The molecule has 108 valence electrons. The molecular weight excluding hydrogens is 344 g/mol. The van der Waals surface area contributed by atoms with Gasteiger partial charge in [-0.05, 0) is 58.0 Å². The summed E-state index contributed by atoms with van der Waals surface area (Å²) in [5, 5.41) is 6.06. The van der Waals surface area contributed by atoms with E-state index >= 15 is 0 Å². The van der Waals surface area contributed by atoms with E-state index in [1.54, 1.807) is 11.3 Å². The smallest absolute Gasteiger partial charge is 0.0731 e. The van der Waals surface area contributed by atoms with Crippen molar-refractivity contribution in [2.45, 2.75) is 19.9 Å². The van der Waals surface area contributed by atoms with Crippen molar-refractivity contribution in [2.24, 2.45) is 0 Å². The maximum absolute atomic E-state index is 4.30. The average Bonchev–Trinajstić information content (AvgIpc) is 2.84. The monoisotopic (exact) mass is 360 g/mol. The number of hydrogen-bond acceptors (Lipinski definition) is 3. The number of fused-ring (bicyclic) bond motifs is 1. The molecule has 0 saturated heterocycles. The molecule has 0 aliphatic carbocycles. The molecule has 1 N–H and O–H groups in total. The van der Waals surface area contributed by atoms with Crippen molar-refractivity contribution in [3.8, 4) is 0 Å². The number of rotatable bonds is 4. The van der Waals surface area contributed by atoms with Gasteiger partial charge in [0.25, 0.3) is 0 Å². The molecule has 2 heterocycles. The highest BCUT2D eigenvalue weighted by atomic mass is 79.9. The lowest BCUT2D eigenvalue weighted by Crippen LogP contribution is -2.21. The van der Waals surface area contributed by atoms with Gasteiger partial charge in [-0.15, -0.1) is 11.3 Å². The fourth-order valence-corrected chi connectivity index (χ4v) is 4.25. The van der Waals surface area contributed by atoms with Gasteiger partial charge in [-0.3, -0.25) is 4.98 Å². The van der Waals surface area contributed by atoms with Crippen LogP contribution in [-0.4, -0.2) is 11.5 Å². The first kappa shape index (κ1) is 14.7. The lowest BCUT2D eigenvalue weighted by atomic mass is 9.99. The number of benzene rings is 1. The quantitative estimate of drug-likeness (QED) is 0.702. The van der Waals surface area contributed by atoms with Crippen LogP contribution in [0.15, 0.2) is 46.5 Å². The van der Waals surface area contributed by atoms with Gasteiger partial charge >= 0.3 is 0 Å². The summed E-state index contributed by atoms with van der Waals surface area (Å²) in [6, 6.07) is 11.0. The van der Waals surface area contributed by atoms with E-state index in [1.807, 2.05) is 12.4 Å². The van der Waals surface area contributed by atoms with Crippen LogP contribution >= 0.6 is 27.3 Å². The summed E-state index contributed by atoms with van der Waals surface area (Å²) in [6.45, 7) is 5.21. The summed E-state index contributed by atoms with van der Waals surface area (Å²) >= 11 is 5.44. The number of hydrogen-bond donors (Lipinski definition) is 1. The zero-order valence-corrected chi connectivity index (χ0v) is 14.5. The number of halogens is 1. The second-order valence-corrected chi connectivity index (χ2v) is 7.44. The molecule has 0 amide bonds. The van der Waals surface area contributed by atoms with E-state index in [0.29, 0.717) is 0 Å². The maximum Gasteiger partial charge on any atom is 0.0731 e. The molecule has 0 aliphatic rings. The van der Waals surface area contributed by atoms with E-state index in [0.717, 1.165) is 6.54 Å². The Hall–Kier alpha value is -1.23. The molecule has 4 heteroatoms. The Morgan fingerprint density at radius 3 is 2.90 bits per heavy atom.